The van der Waals surface area contributed by atoms with Crippen LogP contribution in [-0.2, 0) is 6.42 Å². The smallest absolute Gasteiger partial charge is 0.195 e. The van der Waals surface area contributed by atoms with Crippen molar-refractivity contribution in [3.63, 3.8) is 0 Å². The zero-order chi connectivity index (χ0) is 10.1. The number of hydrogen-bond donors (Lipinski definition) is 0. The van der Waals surface area contributed by atoms with Gasteiger partial charge in [0.25, 0.3) is 0 Å². The summed E-state index contributed by atoms with van der Waals surface area (Å²) in [7, 11) is 0. The summed E-state index contributed by atoms with van der Waals surface area (Å²) in [5.41, 5.74) is 2.33. The van der Waals surface area contributed by atoms with Crippen LogP contribution in [0.15, 0.2) is 30.4 Å². The molecule has 2 heteroatoms. The molecule has 0 saturated carbocycles. The van der Waals surface area contributed by atoms with Gasteiger partial charge in [-0.3, -0.25) is 4.79 Å². The summed E-state index contributed by atoms with van der Waals surface area (Å²) in [4.78, 5) is 11.7. The molecule has 0 aromatic heterocycles. The van der Waals surface area contributed by atoms with E-state index in [0.29, 0.717) is 23.5 Å². The number of fused-ring (bicyclic) bond motifs is 1. The van der Waals surface area contributed by atoms with Crippen molar-refractivity contribution in [1.29, 1.82) is 0 Å². The number of ether oxygens (including phenoxy) is 1. The Labute approximate surface area is 83.2 Å². The number of carbonyl (C=O) groups is 1. The van der Waals surface area contributed by atoms with Crippen LogP contribution in [0.25, 0.3) is 0 Å². The maximum atomic E-state index is 11.7. The molecule has 1 aliphatic heterocycles. The van der Waals surface area contributed by atoms with Crippen molar-refractivity contribution in [1.82, 2.24) is 0 Å². The second kappa shape index (κ2) is 3.29. The number of benzene rings is 1. The molecule has 0 amide bonds. The second-order valence-corrected chi connectivity index (χ2v) is 3.41. The molecule has 0 unspecified atom stereocenters. The summed E-state index contributed by atoms with van der Waals surface area (Å²) in [6.07, 6.45) is 0.924. The topological polar surface area (TPSA) is 26.3 Å². The molecule has 1 aromatic carbocycles. The second-order valence-electron chi connectivity index (χ2n) is 3.41. The van der Waals surface area contributed by atoms with E-state index < -0.39 is 0 Å². The number of rotatable bonds is 1. The van der Waals surface area contributed by atoms with Crippen LogP contribution in [-0.4, -0.2) is 12.4 Å². The third-order valence-electron chi connectivity index (χ3n) is 2.42. The molecule has 0 spiro atoms. The zero-order valence-electron chi connectivity index (χ0n) is 8.17. The van der Waals surface area contributed by atoms with Gasteiger partial charge in [-0.15, -0.1) is 0 Å². The molecule has 0 N–H and O–H groups in total. The van der Waals surface area contributed by atoms with Gasteiger partial charge in [-0.2, -0.15) is 0 Å². The van der Waals surface area contributed by atoms with Crippen molar-refractivity contribution in [2.75, 3.05) is 6.61 Å². The third kappa shape index (κ3) is 1.33. The van der Waals surface area contributed by atoms with E-state index in [1.807, 2.05) is 18.2 Å². The predicted octanol–water partition coefficient (Wildman–Crippen LogP) is 2.38. The van der Waals surface area contributed by atoms with Gasteiger partial charge in [0.15, 0.2) is 5.78 Å². The minimum Gasteiger partial charge on any atom is -0.488 e. The minimum atomic E-state index is 0.0153. The van der Waals surface area contributed by atoms with Gasteiger partial charge >= 0.3 is 0 Å². The predicted molar refractivity (Wildman–Crippen MR) is 54.8 cm³/mol. The van der Waals surface area contributed by atoms with Crippen molar-refractivity contribution >= 4 is 5.78 Å². The molecule has 0 atom stereocenters. The van der Waals surface area contributed by atoms with E-state index >= 15 is 0 Å². The summed E-state index contributed by atoms with van der Waals surface area (Å²) in [6, 6.07) is 5.74. The molecule has 72 valence electrons. The maximum Gasteiger partial charge on any atom is 0.195 e. The molecule has 0 bridgehead atoms. The lowest BCUT2D eigenvalue weighted by Gasteiger charge is -2.18. The number of ketones is 1. The van der Waals surface area contributed by atoms with Gasteiger partial charge in [0.05, 0.1) is 5.56 Å². The van der Waals surface area contributed by atoms with E-state index in [-0.39, 0.29) is 5.78 Å². The highest BCUT2D eigenvalue weighted by atomic mass is 16.5. The van der Waals surface area contributed by atoms with Crippen LogP contribution in [0.1, 0.15) is 22.8 Å². The highest BCUT2D eigenvalue weighted by molar-refractivity contribution is 6.11. The Morgan fingerprint density at radius 3 is 3.00 bits per heavy atom. The van der Waals surface area contributed by atoms with Gasteiger partial charge < -0.3 is 4.74 Å². The zero-order valence-corrected chi connectivity index (χ0v) is 8.17. The van der Waals surface area contributed by atoms with Gasteiger partial charge in [-0.25, -0.2) is 0 Å². The fraction of sp³-hybridized carbons (Fsp3) is 0.250. The molecule has 2 rings (SSSR count). The van der Waals surface area contributed by atoms with Crippen LogP contribution < -0.4 is 4.74 Å². The number of Topliss-reactive ketones (excluding diaryl/α,β-unsaturated/α-hetero) is 1. The molecule has 2 nitrogen and oxygen atoms in total. The van der Waals surface area contributed by atoms with Gasteiger partial charge in [0.2, 0.25) is 0 Å². The maximum absolute atomic E-state index is 11.7. The minimum absolute atomic E-state index is 0.0153. The lowest BCUT2D eigenvalue weighted by Crippen LogP contribution is -2.18. The molecule has 0 fully saturated rings. The van der Waals surface area contributed by atoms with Gasteiger partial charge in [-0.1, -0.05) is 19.6 Å². The normalized spacial score (nSPS) is 14.9. The van der Waals surface area contributed by atoms with Crippen LogP contribution >= 0.6 is 0 Å². The molecule has 0 aliphatic carbocycles. The SMILES string of the molecule is C=C1COc2ccc(CC)cc2C1=O. The molecule has 1 aromatic rings. The number of hydrogen-bond acceptors (Lipinski definition) is 2. The van der Waals surface area contributed by atoms with Crippen LogP contribution in [0.2, 0.25) is 0 Å². The van der Waals surface area contributed by atoms with Gasteiger partial charge in [-0.05, 0) is 24.1 Å². The molecule has 1 aliphatic rings. The van der Waals surface area contributed by atoms with Crippen molar-refractivity contribution in [3.8, 4) is 5.75 Å². The van der Waals surface area contributed by atoms with E-state index in [4.69, 9.17) is 4.74 Å². The largest absolute Gasteiger partial charge is 0.488 e. The lowest BCUT2D eigenvalue weighted by molar-refractivity contribution is 0.1000. The standard InChI is InChI=1S/C12H12O2/c1-3-9-4-5-11-10(6-9)12(13)8(2)7-14-11/h4-6H,2-3,7H2,1H3. The van der Waals surface area contributed by atoms with Crippen molar-refractivity contribution in [2.45, 2.75) is 13.3 Å². The Morgan fingerprint density at radius 2 is 2.29 bits per heavy atom. The highest BCUT2D eigenvalue weighted by Gasteiger charge is 2.21. The lowest BCUT2D eigenvalue weighted by atomic mass is 9.99. The monoisotopic (exact) mass is 188 g/mol. The molecule has 0 radical (unpaired) electrons. The average Bonchev–Trinajstić information content (AvgIpc) is 2.23. The molecule has 0 saturated heterocycles. The van der Waals surface area contributed by atoms with E-state index in [1.54, 1.807) is 0 Å². The van der Waals surface area contributed by atoms with Crippen LogP contribution in [0.4, 0.5) is 0 Å². The van der Waals surface area contributed by atoms with Crippen molar-refractivity contribution in [3.05, 3.63) is 41.5 Å². The summed E-state index contributed by atoms with van der Waals surface area (Å²) in [5, 5.41) is 0. The third-order valence-corrected chi connectivity index (χ3v) is 2.42. The van der Waals surface area contributed by atoms with E-state index in [0.717, 1.165) is 12.0 Å². The first-order valence-electron chi connectivity index (χ1n) is 4.70. The van der Waals surface area contributed by atoms with E-state index in [9.17, 15) is 4.79 Å². The fourth-order valence-electron chi connectivity index (χ4n) is 1.52. The van der Waals surface area contributed by atoms with Crippen LogP contribution in [0, 0.1) is 0 Å². The van der Waals surface area contributed by atoms with Crippen LogP contribution in [0.5, 0.6) is 5.75 Å². The average molecular weight is 188 g/mol. The van der Waals surface area contributed by atoms with Gasteiger partial charge in [0, 0.05) is 5.57 Å². The Bertz CT molecular complexity index is 405. The quantitative estimate of drug-likeness (QED) is 0.632. The summed E-state index contributed by atoms with van der Waals surface area (Å²) < 4.78 is 5.39. The van der Waals surface area contributed by atoms with Gasteiger partial charge in [0.1, 0.15) is 12.4 Å². The first-order chi connectivity index (χ1) is 6.72. The van der Waals surface area contributed by atoms with Crippen LogP contribution in [0.3, 0.4) is 0 Å². The van der Waals surface area contributed by atoms with E-state index in [1.165, 1.54) is 0 Å². The number of aryl methyl sites for hydroxylation is 1. The first kappa shape index (κ1) is 9.00. The fourth-order valence-corrected chi connectivity index (χ4v) is 1.52. The Morgan fingerprint density at radius 1 is 1.50 bits per heavy atom. The number of carbonyl (C=O) groups excluding carboxylic acids is 1. The summed E-state index contributed by atoms with van der Waals surface area (Å²) in [5.74, 6) is 0.696. The Balaban J connectivity index is 2.51. The highest BCUT2D eigenvalue weighted by Crippen LogP contribution is 2.27. The van der Waals surface area contributed by atoms with E-state index in [2.05, 4.69) is 13.5 Å². The summed E-state index contributed by atoms with van der Waals surface area (Å²) >= 11 is 0. The molecule has 14 heavy (non-hydrogen) atoms. The Kier molecular flexibility index (Phi) is 2.12. The molecular formula is C12H12O2. The first-order valence-corrected chi connectivity index (χ1v) is 4.70. The summed E-state index contributed by atoms with van der Waals surface area (Å²) in [6.45, 7) is 6.05. The van der Waals surface area contributed by atoms with Crippen molar-refractivity contribution < 1.29 is 9.53 Å². The Hall–Kier alpha value is -1.57. The van der Waals surface area contributed by atoms with Crippen molar-refractivity contribution in [2.24, 2.45) is 0 Å². The molecule has 1 heterocycles. The molecular weight excluding hydrogens is 176 g/mol.